The van der Waals surface area contributed by atoms with E-state index in [0.29, 0.717) is 0 Å². The molecule has 0 amide bonds. The lowest BCUT2D eigenvalue weighted by Crippen LogP contribution is -2.35. The van der Waals surface area contributed by atoms with E-state index >= 15 is 0 Å². The fourth-order valence-electron chi connectivity index (χ4n) is 0.692. The molecule has 0 aromatic carbocycles. The molecular weight excluding hydrogens is 240 g/mol. The van der Waals surface area contributed by atoms with Crippen LogP contribution in [0, 0.1) is 5.53 Å². The van der Waals surface area contributed by atoms with Crippen molar-refractivity contribution in [3.05, 3.63) is 0 Å². The molecule has 0 unspecified atom stereocenters. The Kier molecular flexibility index (Phi) is 4.21. The molecule has 0 spiro atoms. The van der Waals surface area contributed by atoms with Gasteiger partial charge in [0.2, 0.25) is 0 Å². The highest BCUT2D eigenvalue weighted by atomic mass is 32.3. The summed E-state index contributed by atoms with van der Waals surface area (Å²) in [5.41, 5.74) is 6.69. The van der Waals surface area contributed by atoms with E-state index in [1.807, 2.05) is 0 Å². The van der Waals surface area contributed by atoms with Crippen LogP contribution in [0.15, 0.2) is 0 Å². The van der Waals surface area contributed by atoms with E-state index in [-0.39, 0.29) is 0 Å². The molecule has 0 radical (unpaired) electrons. The molecule has 0 heterocycles. The molecular formula is C7H15N2O4S2+. The van der Waals surface area contributed by atoms with Crippen LogP contribution < -0.4 is 0 Å². The highest BCUT2D eigenvalue weighted by Gasteiger charge is 2.47. The molecule has 0 aliphatic heterocycles. The second-order valence-corrected chi connectivity index (χ2v) is 8.66. The van der Waals surface area contributed by atoms with Crippen LogP contribution in [0.3, 0.4) is 0 Å². The third-order valence-corrected chi connectivity index (χ3v) is 6.85. The zero-order chi connectivity index (χ0) is 12.4. The van der Waals surface area contributed by atoms with Crippen LogP contribution in [0.25, 0.3) is 0 Å². The summed E-state index contributed by atoms with van der Waals surface area (Å²) in [6.45, 7) is 5.37. The van der Waals surface area contributed by atoms with Gasteiger partial charge in [0.05, 0.1) is 20.8 Å². The number of rotatable bonds is 2. The maximum absolute atomic E-state index is 11.6. The first-order valence-electron chi connectivity index (χ1n) is 4.30. The van der Waals surface area contributed by atoms with Gasteiger partial charge in [-0.2, -0.15) is 0 Å². The van der Waals surface area contributed by atoms with Crippen molar-refractivity contribution in [1.29, 1.82) is 5.53 Å². The predicted octanol–water partition coefficient (Wildman–Crippen LogP) is 0.228. The first-order chi connectivity index (χ1) is 6.58. The van der Waals surface area contributed by atoms with Gasteiger partial charge < -0.3 is 0 Å². The van der Waals surface area contributed by atoms with Gasteiger partial charge in [-0.1, -0.05) is 0 Å². The van der Waals surface area contributed by atoms with Crippen molar-refractivity contribution in [2.24, 2.45) is 0 Å². The van der Waals surface area contributed by atoms with E-state index in [9.17, 15) is 16.8 Å². The largest absolute Gasteiger partial charge is 0.544 e. The lowest BCUT2D eigenvalue weighted by atomic mass is 10.6. The Morgan fingerprint density at radius 1 is 0.933 bits per heavy atom. The minimum absolute atomic E-state index is 0.907. The second-order valence-electron chi connectivity index (χ2n) is 3.57. The van der Waals surface area contributed by atoms with Crippen LogP contribution in [0.4, 0.5) is 0 Å². The molecule has 0 aliphatic rings. The molecule has 0 aromatic rings. The molecule has 88 valence electrons. The van der Waals surface area contributed by atoms with Crippen LogP contribution in [-0.2, 0) is 19.7 Å². The maximum Gasteiger partial charge on any atom is 0.544 e. The van der Waals surface area contributed by atoms with E-state index in [0.717, 1.165) is 0 Å². The monoisotopic (exact) mass is 255 g/mol. The van der Waals surface area contributed by atoms with Crippen molar-refractivity contribution in [1.82, 2.24) is 0 Å². The molecule has 0 saturated heterocycles. The lowest BCUT2D eigenvalue weighted by Gasteiger charge is -2.04. The topological polar surface area (TPSA) is 106 Å². The van der Waals surface area contributed by atoms with Crippen LogP contribution in [0.5, 0.6) is 0 Å². The van der Waals surface area contributed by atoms with E-state index < -0.39 is 34.6 Å². The van der Waals surface area contributed by atoms with Gasteiger partial charge >= 0.3 is 4.38 Å². The fraction of sp³-hybridized carbons (Fsp3) is 0.857. The van der Waals surface area contributed by atoms with Gasteiger partial charge in [0.25, 0.3) is 19.7 Å². The third kappa shape index (κ3) is 2.64. The quantitative estimate of drug-likeness (QED) is 0.330. The number of hydrogen-bond acceptors (Lipinski definition) is 5. The van der Waals surface area contributed by atoms with E-state index in [2.05, 4.69) is 4.79 Å². The third-order valence-electron chi connectivity index (χ3n) is 1.82. The summed E-state index contributed by atoms with van der Waals surface area (Å²) in [5, 5.41) is -1.81. The molecule has 0 aliphatic carbocycles. The molecule has 0 fully saturated rings. The van der Waals surface area contributed by atoms with Crippen molar-refractivity contribution >= 4 is 24.1 Å². The van der Waals surface area contributed by atoms with Gasteiger partial charge in [-0.25, -0.2) is 16.8 Å². The summed E-state index contributed by atoms with van der Waals surface area (Å²) in [6, 6.07) is 0. The van der Waals surface area contributed by atoms with Crippen molar-refractivity contribution in [2.75, 3.05) is 0 Å². The van der Waals surface area contributed by atoms with Crippen LogP contribution in [0.1, 0.15) is 27.7 Å². The van der Waals surface area contributed by atoms with Crippen LogP contribution in [0.2, 0.25) is 0 Å². The number of nitrogens with zero attached hydrogens (tertiary/aromatic N) is 1. The number of nitrogens with one attached hydrogen (secondary N) is 1. The molecule has 0 rings (SSSR count). The Hall–Kier alpha value is -0.720. The number of hydrogen-bond donors (Lipinski definition) is 1. The summed E-state index contributed by atoms with van der Waals surface area (Å²) < 4.78 is 45.3. The van der Waals surface area contributed by atoms with E-state index in [1.165, 1.54) is 27.7 Å². The average molecular weight is 255 g/mol. The zero-order valence-corrected chi connectivity index (χ0v) is 10.7. The summed E-state index contributed by atoms with van der Waals surface area (Å²) in [6.07, 6.45) is 0. The highest BCUT2D eigenvalue weighted by Crippen LogP contribution is 2.12. The average Bonchev–Trinajstić information content (AvgIpc) is 2.03. The summed E-state index contributed by atoms with van der Waals surface area (Å²) >= 11 is 0. The van der Waals surface area contributed by atoms with E-state index in [4.69, 9.17) is 5.53 Å². The fourth-order valence-corrected chi connectivity index (χ4v) is 4.20. The van der Waals surface area contributed by atoms with Crippen LogP contribution in [-0.4, -0.2) is 36.5 Å². The molecule has 15 heavy (non-hydrogen) atoms. The predicted molar refractivity (Wildman–Crippen MR) is 56.1 cm³/mol. The lowest BCUT2D eigenvalue weighted by molar-refractivity contribution is -0.112. The Morgan fingerprint density at radius 2 is 1.20 bits per heavy atom. The SMILES string of the molecule is CC(C)S(=O)(=O)C(=[N+]=N)S(=O)(=O)C(C)C. The van der Waals surface area contributed by atoms with Gasteiger partial charge in [0.1, 0.15) is 0 Å². The Morgan fingerprint density at radius 3 is 1.33 bits per heavy atom. The zero-order valence-electron chi connectivity index (χ0n) is 9.05. The van der Waals surface area contributed by atoms with Crippen molar-refractivity contribution < 1.29 is 21.6 Å². The highest BCUT2D eigenvalue weighted by molar-refractivity contribution is 8.31. The van der Waals surface area contributed by atoms with Gasteiger partial charge in [-0.05, 0) is 27.7 Å². The Labute approximate surface area is 89.8 Å². The molecule has 0 bridgehead atoms. The maximum atomic E-state index is 11.6. The van der Waals surface area contributed by atoms with Crippen molar-refractivity contribution in [3.63, 3.8) is 0 Å². The molecule has 0 atom stereocenters. The summed E-state index contributed by atoms with van der Waals surface area (Å²) in [4.78, 5) is 2.66. The van der Waals surface area contributed by atoms with Gasteiger partial charge in [0.15, 0.2) is 0 Å². The van der Waals surface area contributed by atoms with Crippen molar-refractivity contribution in [3.8, 4) is 0 Å². The van der Waals surface area contributed by atoms with E-state index in [1.54, 1.807) is 0 Å². The first-order valence-corrected chi connectivity index (χ1v) is 7.40. The van der Waals surface area contributed by atoms with Gasteiger partial charge in [0, 0.05) is 0 Å². The smallest absolute Gasteiger partial charge is 0.215 e. The minimum Gasteiger partial charge on any atom is -0.215 e. The van der Waals surface area contributed by atoms with Gasteiger partial charge in [-0.15, -0.1) is 0 Å². The summed E-state index contributed by atoms with van der Waals surface area (Å²) in [7, 11) is -8.03. The first kappa shape index (κ1) is 14.3. The molecule has 8 heteroatoms. The number of sulfone groups is 2. The Balaban J connectivity index is 5.86. The molecule has 0 aromatic heterocycles. The Bertz CT molecular complexity index is 441. The minimum atomic E-state index is -4.02. The normalized spacial score (nSPS) is 12.9. The standard InChI is InChI=1S/C7H15N2O4S2/c1-5(2)14(10,11)7(9-8)15(12,13)6(3)4/h5-6,8H,1-4H3/q+1. The van der Waals surface area contributed by atoms with Crippen molar-refractivity contribution in [2.45, 2.75) is 38.2 Å². The summed E-state index contributed by atoms with van der Waals surface area (Å²) in [5.74, 6) is 0. The van der Waals surface area contributed by atoms with Gasteiger partial charge in [-0.3, -0.25) is 0 Å². The molecule has 1 N–H and O–H groups in total. The van der Waals surface area contributed by atoms with Crippen LogP contribution >= 0.6 is 0 Å². The molecule has 0 saturated carbocycles. The second kappa shape index (κ2) is 4.42. The molecule has 6 nitrogen and oxygen atoms in total.